The minimum absolute atomic E-state index is 0.158. The number of benzene rings is 5. The van der Waals surface area contributed by atoms with E-state index in [4.69, 9.17) is 0 Å². The minimum atomic E-state index is 0.158. The summed E-state index contributed by atoms with van der Waals surface area (Å²) in [5.74, 6) is 1.24. The topological polar surface area (TPSA) is 6.48 Å². The highest BCUT2D eigenvalue weighted by Crippen LogP contribution is 2.70. The molecule has 3 atom stereocenters. The highest BCUT2D eigenvalue weighted by molar-refractivity contribution is 5.87. The lowest BCUT2D eigenvalue weighted by Crippen LogP contribution is -2.44. The van der Waals surface area contributed by atoms with Crippen molar-refractivity contribution in [2.45, 2.75) is 156 Å². The average molecular weight is 795 g/mol. The number of unbranched alkanes of at least 4 members (excludes halogenated alkanes) is 1. The van der Waals surface area contributed by atoms with Crippen molar-refractivity contribution in [3.05, 3.63) is 148 Å². The van der Waals surface area contributed by atoms with E-state index in [-0.39, 0.29) is 10.8 Å². The Bertz CT molecular complexity index is 2340. The number of anilines is 5. The largest absolute Gasteiger partial charge is 0.334 e. The Hall–Kier alpha value is -4.56. The predicted octanol–water partition coefficient (Wildman–Crippen LogP) is 16.3. The van der Waals surface area contributed by atoms with Crippen LogP contribution in [0.25, 0.3) is 11.1 Å². The van der Waals surface area contributed by atoms with E-state index in [1.165, 1.54) is 137 Å². The fraction of sp³-hybridized carbons (Fsp3) is 0.448. The molecule has 0 amide bonds. The Labute approximate surface area is 363 Å². The van der Waals surface area contributed by atoms with Crippen LogP contribution in [0.15, 0.2) is 109 Å². The number of aryl methyl sites for hydroxylation is 5. The van der Waals surface area contributed by atoms with E-state index < -0.39 is 0 Å². The molecule has 5 aromatic carbocycles. The summed E-state index contributed by atoms with van der Waals surface area (Å²) in [6.45, 7) is 18.8. The molecule has 2 heteroatoms. The summed E-state index contributed by atoms with van der Waals surface area (Å²) in [7, 11) is 0. The maximum atomic E-state index is 2.74. The zero-order valence-electron chi connectivity index (χ0n) is 38.1. The van der Waals surface area contributed by atoms with Crippen molar-refractivity contribution >= 4 is 28.4 Å². The smallest absolute Gasteiger partial charge is 0.0574 e. The van der Waals surface area contributed by atoms with Gasteiger partial charge in [0.1, 0.15) is 0 Å². The molecule has 4 aliphatic carbocycles. The maximum Gasteiger partial charge on any atom is 0.0574 e. The Morgan fingerprint density at radius 1 is 0.583 bits per heavy atom. The van der Waals surface area contributed by atoms with Crippen LogP contribution in [0.2, 0.25) is 0 Å². The molecule has 0 saturated heterocycles. The first-order valence-electron chi connectivity index (χ1n) is 24.0. The molecule has 0 aliphatic heterocycles. The highest BCUT2D eigenvalue weighted by Gasteiger charge is 2.62. The predicted molar refractivity (Wildman–Crippen MR) is 258 cm³/mol. The molecule has 5 aromatic rings. The van der Waals surface area contributed by atoms with Gasteiger partial charge in [-0.2, -0.15) is 0 Å². The van der Waals surface area contributed by atoms with Crippen LogP contribution in [0.3, 0.4) is 0 Å². The third-order valence-corrected chi connectivity index (χ3v) is 16.0. The van der Waals surface area contributed by atoms with E-state index >= 15 is 0 Å². The van der Waals surface area contributed by atoms with Crippen molar-refractivity contribution in [1.82, 2.24) is 0 Å². The van der Waals surface area contributed by atoms with E-state index in [1.54, 1.807) is 11.1 Å². The molecule has 0 heterocycles. The number of fused-ring (bicyclic) bond motifs is 3. The van der Waals surface area contributed by atoms with E-state index in [0.29, 0.717) is 17.9 Å². The van der Waals surface area contributed by atoms with E-state index in [2.05, 4.69) is 168 Å². The summed E-state index contributed by atoms with van der Waals surface area (Å²) >= 11 is 0. The quantitative estimate of drug-likeness (QED) is 0.116. The van der Waals surface area contributed by atoms with Gasteiger partial charge in [0.25, 0.3) is 0 Å². The molecule has 60 heavy (non-hydrogen) atoms. The third kappa shape index (κ3) is 6.67. The van der Waals surface area contributed by atoms with Gasteiger partial charge in [0, 0.05) is 33.6 Å². The standard InChI is InChI=1S/C58H70N2/c1-9-13-16-46-35-41(7)56(42(8)36-46)60(48-23-19-44(11-3)20-24-48)50-26-28-52-51-27-25-49(37-53(51)57-29-14-31-58(57,32-15-30-57)54(52)38-50)59(47-21-17-43(10-2)18-22-47)55-39(5)33-45(12-4)34-40(55)6/h17-28,33,35-38,40,45,55H,9-16,29-32,34H2,1-8H3. The summed E-state index contributed by atoms with van der Waals surface area (Å²) < 4.78 is 0. The van der Waals surface area contributed by atoms with Gasteiger partial charge in [0.05, 0.1) is 11.7 Å². The lowest BCUT2D eigenvalue weighted by atomic mass is 9.55. The van der Waals surface area contributed by atoms with Crippen LogP contribution in [-0.2, 0) is 30.1 Å². The molecule has 0 N–H and O–H groups in total. The number of hydrogen-bond acceptors (Lipinski definition) is 2. The number of allylic oxidation sites excluding steroid dienone is 1. The maximum absolute atomic E-state index is 2.74. The molecule has 0 aromatic heterocycles. The van der Waals surface area contributed by atoms with Crippen LogP contribution in [-0.4, -0.2) is 6.04 Å². The molecular weight excluding hydrogens is 725 g/mol. The van der Waals surface area contributed by atoms with Crippen LogP contribution in [0, 0.1) is 25.7 Å². The molecule has 2 nitrogen and oxygen atoms in total. The van der Waals surface area contributed by atoms with Crippen molar-refractivity contribution in [2.24, 2.45) is 11.8 Å². The molecule has 3 unspecified atom stereocenters. The first-order valence-corrected chi connectivity index (χ1v) is 24.0. The lowest BCUT2D eigenvalue weighted by molar-refractivity contribution is 0.299. The molecule has 2 saturated carbocycles. The van der Waals surface area contributed by atoms with Crippen molar-refractivity contribution < 1.29 is 0 Å². The Morgan fingerprint density at radius 3 is 1.62 bits per heavy atom. The zero-order valence-corrected chi connectivity index (χ0v) is 38.1. The van der Waals surface area contributed by atoms with Gasteiger partial charge in [-0.05, 0) is 195 Å². The summed E-state index contributed by atoms with van der Waals surface area (Å²) in [6.07, 6.45) is 18.5. The first kappa shape index (κ1) is 40.8. The van der Waals surface area contributed by atoms with Gasteiger partial charge in [-0.1, -0.05) is 114 Å². The highest BCUT2D eigenvalue weighted by atomic mass is 15.2. The monoisotopic (exact) mass is 795 g/mol. The molecule has 0 radical (unpaired) electrons. The second kappa shape index (κ2) is 16.4. The molecule has 312 valence electrons. The summed E-state index contributed by atoms with van der Waals surface area (Å²) in [6, 6.07) is 39.5. The van der Waals surface area contributed by atoms with Gasteiger partial charge in [0.2, 0.25) is 0 Å². The van der Waals surface area contributed by atoms with Crippen molar-refractivity contribution in [3.8, 4) is 11.1 Å². The van der Waals surface area contributed by atoms with Crippen LogP contribution in [0.1, 0.15) is 145 Å². The minimum Gasteiger partial charge on any atom is -0.334 e. The van der Waals surface area contributed by atoms with Gasteiger partial charge in [-0.15, -0.1) is 0 Å². The Balaban J connectivity index is 1.21. The molecule has 2 fully saturated rings. The van der Waals surface area contributed by atoms with Crippen LogP contribution >= 0.6 is 0 Å². The number of rotatable bonds is 12. The van der Waals surface area contributed by atoms with Gasteiger partial charge >= 0.3 is 0 Å². The number of hydrogen-bond donors (Lipinski definition) is 0. The molecule has 9 rings (SSSR count). The SMILES string of the molecule is CCCCc1cc(C)c(N(c2ccc(CC)cc2)c2ccc3c(c2)C24CCCC2(CCC4)c2cc(N(c4ccc(CC)cc4)C4C(C)=CC(CC)CC4C)ccc2-3)c(C)c1. The van der Waals surface area contributed by atoms with E-state index in [0.717, 1.165) is 19.3 Å². The zero-order chi connectivity index (χ0) is 41.8. The van der Waals surface area contributed by atoms with Gasteiger partial charge < -0.3 is 9.80 Å². The fourth-order valence-electron chi connectivity index (χ4n) is 13.2. The molecule has 4 aliphatic rings. The van der Waals surface area contributed by atoms with Crippen molar-refractivity contribution in [3.63, 3.8) is 0 Å². The molecule has 0 spiro atoms. The van der Waals surface area contributed by atoms with Crippen molar-refractivity contribution in [2.75, 3.05) is 9.80 Å². The van der Waals surface area contributed by atoms with Crippen molar-refractivity contribution in [1.29, 1.82) is 0 Å². The normalized spacial score (nSPS) is 24.0. The molecular formula is C58H70N2. The number of nitrogens with zero attached hydrogens (tertiary/aromatic N) is 2. The average Bonchev–Trinajstić information content (AvgIpc) is 3.84. The van der Waals surface area contributed by atoms with Crippen LogP contribution in [0.5, 0.6) is 0 Å². The summed E-state index contributed by atoms with van der Waals surface area (Å²) in [5.41, 5.74) is 21.6. The fourth-order valence-corrected chi connectivity index (χ4v) is 13.2. The lowest BCUT2D eigenvalue weighted by Gasteiger charge is -2.49. The Morgan fingerprint density at radius 2 is 1.10 bits per heavy atom. The van der Waals surface area contributed by atoms with Gasteiger partial charge in [0.15, 0.2) is 0 Å². The van der Waals surface area contributed by atoms with Crippen LogP contribution < -0.4 is 9.80 Å². The Kier molecular flexibility index (Phi) is 11.1. The second-order valence-electron chi connectivity index (χ2n) is 19.5. The van der Waals surface area contributed by atoms with E-state index in [9.17, 15) is 0 Å². The van der Waals surface area contributed by atoms with Gasteiger partial charge in [-0.3, -0.25) is 0 Å². The summed E-state index contributed by atoms with van der Waals surface area (Å²) in [4.78, 5) is 5.34. The van der Waals surface area contributed by atoms with E-state index in [1.807, 2.05) is 0 Å². The first-order chi connectivity index (χ1) is 29.1. The third-order valence-electron chi connectivity index (χ3n) is 16.0. The van der Waals surface area contributed by atoms with Crippen LogP contribution in [0.4, 0.5) is 28.4 Å². The van der Waals surface area contributed by atoms with Gasteiger partial charge in [-0.25, -0.2) is 0 Å². The molecule has 0 bridgehead atoms. The second-order valence-corrected chi connectivity index (χ2v) is 19.5. The summed E-state index contributed by atoms with van der Waals surface area (Å²) in [5, 5.41) is 0.